The average molecular weight is 434 g/mol. The van der Waals surface area contributed by atoms with Crippen LogP contribution in [-0.4, -0.2) is 41.3 Å². The van der Waals surface area contributed by atoms with Crippen LogP contribution in [0.4, 0.5) is 5.69 Å². The summed E-state index contributed by atoms with van der Waals surface area (Å²) in [6, 6.07) is 16.8. The van der Waals surface area contributed by atoms with Gasteiger partial charge in [-0.1, -0.05) is 30.3 Å². The Hall–Kier alpha value is -2.02. The van der Waals surface area contributed by atoms with Gasteiger partial charge >= 0.3 is 0 Å². The summed E-state index contributed by atoms with van der Waals surface area (Å²) in [5, 5.41) is 2.82. The average Bonchev–Trinajstić information content (AvgIpc) is 3.22. The molecule has 1 aliphatic rings. The van der Waals surface area contributed by atoms with Crippen molar-refractivity contribution in [3.63, 3.8) is 0 Å². The number of nitrogens with zero attached hydrogens (tertiary/aromatic N) is 1. The van der Waals surface area contributed by atoms with Crippen molar-refractivity contribution < 1.29 is 9.59 Å². The van der Waals surface area contributed by atoms with Crippen LogP contribution >= 0.6 is 24.2 Å². The van der Waals surface area contributed by atoms with Crippen LogP contribution in [0.2, 0.25) is 0 Å². The molecular formula is C22H28ClN3O2S. The summed E-state index contributed by atoms with van der Waals surface area (Å²) in [6.07, 6.45) is 4.62. The molecule has 5 nitrogen and oxygen atoms in total. The second-order valence-electron chi connectivity index (χ2n) is 7.02. The fraction of sp³-hybridized carbons (Fsp3) is 0.364. The van der Waals surface area contributed by atoms with Gasteiger partial charge in [0, 0.05) is 17.8 Å². The van der Waals surface area contributed by atoms with E-state index < -0.39 is 6.04 Å². The van der Waals surface area contributed by atoms with Gasteiger partial charge in [-0.25, -0.2) is 0 Å². The molecule has 0 saturated carbocycles. The maximum absolute atomic E-state index is 13.0. The van der Waals surface area contributed by atoms with E-state index in [4.69, 9.17) is 5.73 Å². The van der Waals surface area contributed by atoms with Gasteiger partial charge < -0.3 is 16.0 Å². The van der Waals surface area contributed by atoms with Crippen LogP contribution in [0.25, 0.3) is 0 Å². The summed E-state index contributed by atoms with van der Waals surface area (Å²) in [6.45, 7) is 0.765. The summed E-state index contributed by atoms with van der Waals surface area (Å²) in [5.41, 5.74) is 8.36. The highest BCUT2D eigenvalue weighted by atomic mass is 35.5. The SMILES string of the molecule is CSCC[C@H](N)C(=O)Nc1ccc(C(=O)N2CCCC2c2ccccc2)cc1.Cl. The first-order chi connectivity index (χ1) is 13.6. The van der Waals surface area contributed by atoms with E-state index in [-0.39, 0.29) is 30.3 Å². The fourth-order valence-electron chi connectivity index (χ4n) is 3.50. The molecule has 2 atom stereocenters. The number of halogens is 1. The highest BCUT2D eigenvalue weighted by Gasteiger charge is 2.30. The normalized spacial score (nSPS) is 16.8. The monoisotopic (exact) mass is 433 g/mol. The van der Waals surface area contributed by atoms with Gasteiger partial charge in [0.1, 0.15) is 0 Å². The number of nitrogens with one attached hydrogen (secondary N) is 1. The van der Waals surface area contributed by atoms with Crippen LogP contribution in [0.5, 0.6) is 0 Å². The number of anilines is 1. The first-order valence-corrected chi connectivity index (χ1v) is 11.0. The number of benzene rings is 2. The molecule has 29 heavy (non-hydrogen) atoms. The van der Waals surface area contributed by atoms with Crippen molar-refractivity contribution >= 4 is 41.7 Å². The summed E-state index contributed by atoms with van der Waals surface area (Å²) in [4.78, 5) is 27.1. The van der Waals surface area contributed by atoms with Crippen molar-refractivity contribution in [2.75, 3.05) is 23.9 Å². The van der Waals surface area contributed by atoms with Crippen LogP contribution in [0.15, 0.2) is 54.6 Å². The van der Waals surface area contributed by atoms with Gasteiger partial charge in [-0.3, -0.25) is 9.59 Å². The quantitative estimate of drug-likeness (QED) is 0.689. The Morgan fingerprint density at radius 2 is 1.86 bits per heavy atom. The fourth-order valence-corrected chi connectivity index (χ4v) is 3.99. The number of carbonyl (C=O) groups excluding carboxylic acids is 2. The number of likely N-dealkylation sites (tertiary alicyclic amines) is 1. The van der Waals surface area contributed by atoms with Crippen molar-refractivity contribution in [2.45, 2.75) is 31.3 Å². The minimum atomic E-state index is -0.523. The molecule has 0 radical (unpaired) electrons. The van der Waals surface area contributed by atoms with Crippen LogP contribution in [0, 0.1) is 0 Å². The molecule has 0 bridgehead atoms. The summed E-state index contributed by atoms with van der Waals surface area (Å²) in [7, 11) is 0. The molecule has 1 heterocycles. The maximum Gasteiger partial charge on any atom is 0.254 e. The Morgan fingerprint density at radius 1 is 1.17 bits per heavy atom. The number of hydrogen-bond donors (Lipinski definition) is 2. The second kappa shape index (κ2) is 11.2. The molecule has 156 valence electrons. The number of rotatable bonds is 7. The van der Waals surface area contributed by atoms with E-state index >= 15 is 0 Å². The van der Waals surface area contributed by atoms with E-state index in [1.807, 2.05) is 29.4 Å². The lowest BCUT2D eigenvalue weighted by Crippen LogP contribution is -2.36. The van der Waals surface area contributed by atoms with Crippen molar-refractivity contribution in [1.29, 1.82) is 0 Å². The lowest BCUT2D eigenvalue weighted by atomic mass is 10.0. The van der Waals surface area contributed by atoms with E-state index in [9.17, 15) is 9.59 Å². The highest BCUT2D eigenvalue weighted by Crippen LogP contribution is 2.33. The van der Waals surface area contributed by atoms with Crippen molar-refractivity contribution in [3.8, 4) is 0 Å². The molecule has 7 heteroatoms. The van der Waals surface area contributed by atoms with E-state index in [2.05, 4.69) is 17.4 Å². The lowest BCUT2D eigenvalue weighted by molar-refractivity contribution is -0.117. The molecule has 1 fully saturated rings. The number of carbonyl (C=O) groups is 2. The number of hydrogen-bond acceptors (Lipinski definition) is 4. The Labute approximate surface area is 182 Å². The third-order valence-corrected chi connectivity index (χ3v) is 5.71. The highest BCUT2D eigenvalue weighted by molar-refractivity contribution is 7.98. The molecule has 0 aliphatic carbocycles. The van der Waals surface area contributed by atoms with Gasteiger partial charge in [0.25, 0.3) is 5.91 Å². The van der Waals surface area contributed by atoms with Crippen molar-refractivity contribution in [3.05, 3.63) is 65.7 Å². The molecule has 2 amide bonds. The van der Waals surface area contributed by atoms with Gasteiger partial charge in [0.05, 0.1) is 12.1 Å². The third-order valence-electron chi connectivity index (χ3n) is 5.07. The van der Waals surface area contributed by atoms with E-state index in [1.54, 1.807) is 36.0 Å². The topological polar surface area (TPSA) is 75.4 Å². The van der Waals surface area contributed by atoms with Gasteiger partial charge in [-0.2, -0.15) is 11.8 Å². The third kappa shape index (κ3) is 5.98. The molecule has 1 unspecified atom stereocenters. The van der Waals surface area contributed by atoms with Crippen LogP contribution in [0.3, 0.4) is 0 Å². The van der Waals surface area contributed by atoms with Crippen molar-refractivity contribution in [1.82, 2.24) is 4.90 Å². The standard InChI is InChI=1S/C22H27N3O2S.ClH/c1-28-15-13-19(23)21(26)24-18-11-9-17(10-12-18)22(27)25-14-5-8-20(25)16-6-3-2-4-7-16;/h2-4,6-7,9-12,19-20H,5,8,13-15,23H2,1H3,(H,24,26);1H/t19-,20?;/m0./s1. The summed E-state index contributed by atoms with van der Waals surface area (Å²) in [5.74, 6) is 0.679. The molecule has 1 aliphatic heterocycles. The van der Waals surface area contributed by atoms with Gasteiger partial charge in [0.2, 0.25) is 5.91 Å². The van der Waals surface area contributed by atoms with Gasteiger partial charge in [0.15, 0.2) is 0 Å². The number of thioether (sulfide) groups is 1. The first kappa shape index (κ1) is 23.3. The minimum absolute atomic E-state index is 0. The Balaban J connectivity index is 0.00000300. The van der Waals surface area contributed by atoms with Crippen LogP contribution < -0.4 is 11.1 Å². The zero-order valence-electron chi connectivity index (χ0n) is 16.5. The lowest BCUT2D eigenvalue weighted by Gasteiger charge is -2.25. The molecule has 3 rings (SSSR count). The molecule has 0 aromatic heterocycles. The maximum atomic E-state index is 13.0. The Bertz CT molecular complexity index is 801. The summed E-state index contributed by atoms with van der Waals surface area (Å²) < 4.78 is 0. The van der Waals surface area contributed by atoms with E-state index in [1.165, 1.54) is 5.56 Å². The molecule has 0 spiro atoms. The number of amides is 2. The van der Waals surface area contributed by atoms with Crippen molar-refractivity contribution in [2.24, 2.45) is 5.73 Å². The second-order valence-corrected chi connectivity index (χ2v) is 8.01. The van der Waals surface area contributed by atoms with E-state index in [0.29, 0.717) is 17.7 Å². The van der Waals surface area contributed by atoms with E-state index in [0.717, 1.165) is 25.1 Å². The van der Waals surface area contributed by atoms with Gasteiger partial charge in [-0.05, 0) is 61.1 Å². The largest absolute Gasteiger partial charge is 0.332 e. The molecular weight excluding hydrogens is 406 g/mol. The minimum Gasteiger partial charge on any atom is -0.332 e. The zero-order valence-corrected chi connectivity index (χ0v) is 18.2. The molecule has 2 aromatic carbocycles. The molecule has 3 N–H and O–H groups in total. The van der Waals surface area contributed by atoms with Gasteiger partial charge in [-0.15, -0.1) is 12.4 Å². The van der Waals surface area contributed by atoms with Crippen LogP contribution in [-0.2, 0) is 4.79 Å². The molecule has 2 aromatic rings. The predicted molar refractivity (Wildman–Crippen MR) is 123 cm³/mol. The zero-order chi connectivity index (χ0) is 19.9. The number of nitrogens with two attached hydrogens (primary N) is 1. The molecule has 1 saturated heterocycles. The Kier molecular flexibility index (Phi) is 9.01. The summed E-state index contributed by atoms with van der Waals surface area (Å²) >= 11 is 1.67. The van der Waals surface area contributed by atoms with Crippen LogP contribution in [0.1, 0.15) is 41.2 Å². The smallest absolute Gasteiger partial charge is 0.254 e. The predicted octanol–water partition coefficient (Wildman–Crippen LogP) is 4.10. The Morgan fingerprint density at radius 3 is 2.52 bits per heavy atom. The first-order valence-electron chi connectivity index (χ1n) is 9.61.